The molecule has 4 rings (SSSR count). The molecule has 0 saturated carbocycles. The van der Waals surface area contributed by atoms with Gasteiger partial charge in [-0.25, -0.2) is 4.98 Å². The molecule has 0 saturated heterocycles. The molecule has 1 atom stereocenters. The monoisotopic (exact) mass is 366 g/mol. The van der Waals surface area contributed by atoms with Crippen LogP contribution in [-0.2, 0) is 4.79 Å². The van der Waals surface area contributed by atoms with Gasteiger partial charge in [0.05, 0.1) is 17.3 Å². The fourth-order valence-corrected chi connectivity index (χ4v) is 3.80. The summed E-state index contributed by atoms with van der Waals surface area (Å²) in [6.45, 7) is 1.96. The van der Waals surface area contributed by atoms with Crippen LogP contribution in [0.3, 0.4) is 0 Å². The maximum atomic E-state index is 12.0. The Kier molecular flexibility index (Phi) is 4.12. The summed E-state index contributed by atoms with van der Waals surface area (Å²) in [4.78, 5) is 17.4. The second kappa shape index (κ2) is 6.90. The zero-order chi connectivity index (χ0) is 19.0. The van der Waals surface area contributed by atoms with Gasteiger partial charge in [0.2, 0.25) is 5.91 Å². The predicted octanol–water partition coefficient (Wildman–Crippen LogP) is 4.28. The lowest BCUT2D eigenvalue weighted by Crippen LogP contribution is -2.26. The van der Waals surface area contributed by atoms with E-state index in [2.05, 4.69) is 10.3 Å². The van der Waals surface area contributed by atoms with Gasteiger partial charge < -0.3 is 11.1 Å². The maximum absolute atomic E-state index is 12.0. The van der Waals surface area contributed by atoms with Crippen LogP contribution in [0.25, 0.3) is 26.4 Å². The molecule has 0 aliphatic rings. The van der Waals surface area contributed by atoms with Crippen molar-refractivity contribution in [2.24, 2.45) is 5.73 Å². The molecule has 1 unspecified atom stereocenters. The Hall–Kier alpha value is -2.70. The number of hydrogen-bond acceptors (Lipinski definition) is 4. The first-order valence-corrected chi connectivity index (χ1v) is 9.41. The summed E-state index contributed by atoms with van der Waals surface area (Å²) < 4.78 is 11.5. The molecule has 0 spiro atoms. The third kappa shape index (κ3) is 3.21. The van der Waals surface area contributed by atoms with E-state index in [-0.39, 0.29) is 11.9 Å². The van der Waals surface area contributed by atoms with Gasteiger partial charge in [0, 0.05) is 29.9 Å². The maximum Gasteiger partial charge on any atom is 0.225 e. The number of benzene rings is 2. The largest absolute Gasteiger partial charge is 0.327 e. The molecule has 0 aliphatic heterocycles. The zero-order valence-corrected chi connectivity index (χ0v) is 15.2. The van der Waals surface area contributed by atoms with Crippen molar-refractivity contribution >= 4 is 38.1 Å². The highest BCUT2D eigenvalue weighted by Crippen LogP contribution is 2.29. The van der Waals surface area contributed by atoms with E-state index < -0.39 is 0 Å². The number of imidazole rings is 1. The van der Waals surface area contributed by atoms with Crippen LogP contribution in [0.15, 0.2) is 54.7 Å². The number of para-hydroxylation sites is 1. The molecule has 2 aromatic heterocycles. The SMILES string of the molecule is [3H]c1c(-c2ccc(NC(=O)CC(N)CC)cc2)nc2sc3ccccc3n12. The van der Waals surface area contributed by atoms with E-state index in [4.69, 9.17) is 7.10 Å². The molecule has 0 aliphatic carbocycles. The molecule has 132 valence electrons. The Labute approximate surface area is 156 Å². The molecule has 0 fully saturated rings. The molecule has 0 radical (unpaired) electrons. The molecule has 4 aromatic rings. The van der Waals surface area contributed by atoms with Crippen molar-refractivity contribution in [2.45, 2.75) is 25.8 Å². The molecule has 0 bridgehead atoms. The van der Waals surface area contributed by atoms with Gasteiger partial charge in [0.1, 0.15) is 0 Å². The zero-order valence-electron chi connectivity index (χ0n) is 15.4. The minimum atomic E-state index is -0.122. The standard InChI is InChI=1S/C20H20N4OS/c1-2-14(21)11-19(25)22-15-9-7-13(8-10-15)16-12-24-17-5-3-4-6-18(17)26-20(24)23-16/h3-10,12,14H,2,11,21H2,1H3,(H,22,25)/i12T. The van der Waals surface area contributed by atoms with Crippen LogP contribution in [0.4, 0.5) is 5.69 Å². The quantitative estimate of drug-likeness (QED) is 0.554. The lowest BCUT2D eigenvalue weighted by Gasteiger charge is -2.09. The van der Waals surface area contributed by atoms with E-state index in [1.807, 2.05) is 59.9 Å². The number of nitrogens with two attached hydrogens (primary N) is 1. The Bertz CT molecular complexity index is 1120. The Morgan fingerprint density at radius 2 is 2.08 bits per heavy atom. The number of nitrogens with one attached hydrogen (secondary N) is 1. The van der Waals surface area contributed by atoms with Gasteiger partial charge in [-0.2, -0.15) is 0 Å². The highest BCUT2D eigenvalue weighted by molar-refractivity contribution is 7.23. The molecule has 3 N–H and O–H groups in total. The van der Waals surface area contributed by atoms with Crippen molar-refractivity contribution in [3.05, 3.63) is 54.7 Å². The summed E-state index contributed by atoms with van der Waals surface area (Å²) in [5.41, 5.74) is 9.02. The van der Waals surface area contributed by atoms with E-state index in [0.717, 1.165) is 27.2 Å². The fourth-order valence-electron chi connectivity index (χ4n) is 2.82. The summed E-state index contributed by atoms with van der Waals surface area (Å²) in [5, 5.41) is 2.86. The van der Waals surface area contributed by atoms with Gasteiger partial charge in [-0.05, 0) is 30.7 Å². The van der Waals surface area contributed by atoms with Crippen molar-refractivity contribution in [3.63, 3.8) is 0 Å². The molecule has 2 aromatic carbocycles. The molecular formula is C20H20N4OS. The molecule has 1 amide bonds. The Morgan fingerprint density at radius 3 is 2.85 bits per heavy atom. The van der Waals surface area contributed by atoms with Gasteiger partial charge in [-0.15, -0.1) is 0 Å². The molecule has 5 nitrogen and oxygen atoms in total. The minimum absolute atomic E-state index is 0.0905. The van der Waals surface area contributed by atoms with E-state index >= 15 is 0 Å². The molecule has 26 heavy (non-hydrogen) atoms. The van der Waals surface area contributed by atoms with Crippen LogP contribution in [0, 0.1) is 0 Å². The second-order valence-electron chi connectivity index (χ2n) is 6.26. The average Bonchev–Trinajstić information content (AvgIpc) is 3.19. The van der Waals surface area contributed by atoms with E-state index in [1.165, 1.54) is 0 Å². The average molecular weight is 366 g/mol. The van der Waals surface area contributed by atoms with Crippen LogP contribution < -0.4 is 11.1 Å². The second-order valence-corrected chi connectivity index (χ2v) is 7.27. The van der Waals surface area contributed by atoms with Gasteiger partial charge in [0.25, 0.3) is 0 Å². The number of carbonyl (C=O) groups excluding carboxylic acids is 1. The van der Waals surface area contributed by atoms with Crippen LogP contribution in [0.5, 0.6) is 0 Å². The van der Waals surface area contributed by atoms with Crippen molar-refractivity contribution in [3.8, 4) is 11.3 Å². The fraction of sp³-hybridized carbons (Fsp3) is 0.200. The Morgan fingerprint density at radius 1 is 1.31 bits per heavy atom. The number of aromatic nitrogens is 2. The van der Waals surface area contributed by atoms with Crippen molar-refractivity contribution in [1.29, 1.82) is 0 Å². The molecular weight excluding hydrogens is 344 g/mol. The lowest BCUT2D eigenvalue weighted by atomic mass is 10.1. The van der Waals surface area contributed by atoms with Crippen molar-refractivity contribution < 1.29 is 6.17 Å². The highest BCUT2D eigenvalue weighted by atomic mass is 32.1. The number of hydrogen-bond donors (Lipinski definition) is 2. The first-order valence-electron chi connectivity index (χ1n) is 9.09. The molecule has 6 heteroatoms. The predicted molar refractivity (Wildman–Crippen MR) is 108 cm³/mol. The lowest BCUT2D eigenvalue weighted by molar-refractivity contribution is -0.116. The summed E-state index contributed by atoms with van der Waals surface area (Å²) in [6.07, 6.45) is 1.44. The normalized spacial score (nSPS) is 13.1. The minimum Gasteiger partial charge on any atom is -0.327 e. The first-order chi connectivity index (χ1) is 13.1. The van der Waals surface area contributed by atoms with Crippen LogP contribution in [0.1, 0.15) is 21.1 Å². The number of amides is 1. The first kappa shape index (κ1) is 15.5. The number of thiazole rings is 1. The van der Waals surface area contributed by atoms with Crippen LogP contribution >= 0.6 is 11.3 Å². The van der Waals surface area contributed by atoms with Gasteiger partial charge in [0.15, 0.2) is 4.96 Å². The topological polar surface area (TPSA) is 72.4 Å². The van der Waals surface area contributed by atoms with E-state index in [1.54, 1.807) is 11.3 Å². The van der Waals surface area contributed by atoms with Crippen molar-refractivity contribution in [1.82, 2.24) is 9.38 Å². The summed E-state index contributed by atoms with van der Waals surface area (Å²) >= 11 is 1.57. The summed E-state index contributed by atoms with van der Waals surface area (Å²) in [5.74, 6) is -0.0905. The van der Waals surface area contributed by atoms with E-state index in [0.29, 0.717) is 24.0 Å². The number of anilines is 1. The number of nitrogens with zero attached hydrogens (tertiary/aromatic N) is 2. The summed E-state index contributed by atoms with van der Waals surface area (Å²) in [6, 6.07) is 15.3. The van der Waals surface area contributed by atoms with Crippen LogP contribution in [0.2, 0.25) is 0 Å². The van der Waals surface area contributed by atoms with E-state index in [9.17, 15) is 4.79 Å². The van der Waals surface area contributed by atoms with Gasteiger partial charge >= 0.3 is 0 Å². The summed E-state index contributed by atoms with van der Waals surface area (Å²) in [7, 11) is 0. The van der Waals surface area contributed by atoms with Crippen LogP contribution in [-0.4, -0.2) is 21.3 Å². The third-order valence-corrected chi connectivity index (χ3v) is 5.36. The van der Waals surface area contributed by atoms with Gasteiger partial charge in [-0.3, -0.25) is 9.20 Å². The third-order valence-electron chi connectivity index (χ3n) is 4.34. The van der Waals surface area contributed by atoms with Gasteiger partial charge in [-0.1, -0.05) is 42.5 Å². The Balaban J connectivity index is 1.60. The highest BCUT2D eigenvalue weighted by Gasteiger charge is 2.11. The van der Waals surface area contributed by atoms with Crippen molar-refractivity contribution in [2.75, 3.05) is 5.32 Å². The number of fused-ring (bicyclic) bond motifs is 3. The number of carbonyl (C=O) groups is 1. The smallest absolute Gasteiger partial charge is 0.225 e. The molecule has 2 heterocycles. The number of rotatable bonds is 5.